The van der Waals surface area contributed by atoms with Gasteiger partial charge in [-0.2, -0.15) is 8.42 Å². The highest BCUT2D eigenvalue weighted by Gasteiger charge is 1.86. The Morgan fingerprint density at radius 1 is 1.09 bits per heavy atom. The third kappa shape index (κ3) is 9.69. The molecule has 2 nitrogen and oxygen atoms in total. The van der Waals surface area contributed by atoms with Crippen molar-refractivity contribution in [1.29, 1.82) is 0 Å². The van der Waals surface area contributed by atoms with E-state index in [-0.39, 0.29) is 0 Å². The summed E-state index contributed by atoms with van der Waals surface area (Å²) in [5.41, 5.74) is 0. The van der Waals surface area contributed by atoms with Gasteiger partial charge in [-0.1, -0.05) is 32.6 Å². The average molecular weight is 175 g/mol. The Kier molecular flexibility index (Phi) is 7.57. The predicted molar refractivity (Wildman–Crippen MR) is 48.0 cm³/mol. The van der Waals surface area contributed by atoms with Gasteiger partial charge in [-0.05, 0) is 12.8 Å². The molecule has 0 N–H and O–H groups in total. The standard InChI is InChI=1S/C8H15O2S/c1-2-3-4-5-6-7-8-11(9)10/h8H,1-7H2. The maximum atomic E-state index is 10.0. The minimum atomic E-state index is -1.96. The molecule has 0 aromatic carbocycles. The average Bonchev–Trinajstić information content (AvgIpc) is 1.96. The van der Waals surface area contributed by atoms with Gasteiger partial charge in [-0.25, -0.2) is 0 Å². The summed E-state index contributed by atoms with van der Waals surface area (Å²) in [5, 5.41) is 1.32. The molecule has 0 aliphatic heterocycles. The molecule has 0 fully saturated rings. The third-order valence-electron chi connectivity index (χ3n) is 1.46. The molecule has 1 radical (unpaired) electrons. The van der Waals surface area contributed by atoms with Crippen molar-refractivity contribution in [3.8, 4) is 0 Å². The third-order valence-corrected chi connectivity index (χ3v) is 1.97. The van der Waals surface area contributed by atoms with E-state index in [0.717, 1.165) is 25.7 Å². The van der Waals surface area contributed by atoms with E-state index >= 15 is 0 Å². The largest absolute Gasteiger partial charge is 0.209 e. The number of rotatable bonds is 6. The van der Waals surface area contributed by atoms with Gasteiger partial charge < -0.3 is 0 Å². The number of hydrogen-bond acceptors (Lipinski definition) is 2. The first kappa shape index (κ1) is 10.7. The molecule has 0 atom stereocenters. The Balaban J connectivity index is 3.09. The molecule has 0 saturated heterocycles. The molecule has 0 amide bonds. The monoisotopic (exact) mass is 175 g/mol. The lowest BCUT2D eigenvalue weighted by atomic mass is 10.1. The van der Waals surface area contributed by atoms with Crippen LogP contribution < -0.4 is 0 Å². The topological polar surface area (TPSA) is 34.1 Å². The molecule has 11 heavy (non-hydrogen) atoms. The van der Waals surface area contributed by atoms with E-state index in [9.17, 15) is 8.42 Å². The van der Waals surface area contributed by atoms with Crippen molar-refractivity contribution in [2.24, 2.45) is 0 Å². The lowest BCUT2D eigenvalue weighted by Gasteiger charge is -1.93. The van der Waals surface area contributed by atoms with Gasteiger partial charge in [0.05, 0.1) is 0 Å². The second kappa shape index (κ2) is 7.79. The molecule has 0 rings (SSSR count). The summed E-state index contributed by atoms with van der Waals surface area (Å²) < 4.78 is 20.0. The number of unbranched alkanes of at least 4 members (excludes halogenated alkanes) is 5. The van der Waals surface area contributed by atoms with Gasteiger partial charge in [0, 0.05) is 5.37 Å². The smallest absolute Gasteiger partial charge is 0.185 e. The van der Waals surface area contributed by atoms with Crippen molar-refractivity contribution < 1.29 is 8.42 Å². The van der Waals surface area contributed by atoms with E-state index in [1.165, 1.54) is 11.8 Å². The predicted octanol–water partition coefficient (Wildman–Crippen LogP) is 1.84. The van der Waals surface area contributed by atoms with E-state index in [1.807, 2.05) is 0 Å². The molecule has 65 valence electrons. The van der Waals surface area contributed by atoms with Gasteiger partial charge in [0.1, 0.15) is 0 Å². The first-order valence-corrected chi connectivity index (χ1v) is 5.12. The summed E-state index contributed by atoms with van der Waals surface area (Å²) in [7, 11) is -1.96. The van der Waals surface area contributed by atoms with Crippen LogP contribution >= 0.6 is 0 Å². The lowest BCUT2D eigenvalue weighted by Crippen LogP contribution is -1.80. The zero-order valence-corrected chi connectivity index (χ0v) is 7.57. The van der Waals surface area contributed by atoms with Crippen molar-refractivity contribution in [3.05, 3.63) is 6.92 Å². The normalized spacial score (nSPS) is 9.55. The Morgan fingerprint density at radius 3 is 2.27 bits per heavy atom. The van der Waals surface area contributed by atoms with Crippen LogP contribution in [0.2, 0.25) is 0 Å². The molecule has 0 aromatic heterocycles. The first-order valence-electron chi connectivity index (χ1n) is 3.98. The van der Waals surface area contributed by atoms with Crippen LogP contribution in [0.25, 0.3) is 0 Å². The van der Waals surface area contributed by atoms with Crippen LogP contribution in [0.15, 0.2) is 0 Å². The molecule has 0 aromatic rings. The molecule has 3 heteroatoms. The Bertz CT molecular complexity index is 184. The van der Waals surface area contributed by atoms with Gasteiger partial charge in [-0.3, -0.25) is 0 Å². The van der Waals surface area contributed by atoms with Gasteiger partial charge in [-0.15, -0.1) is 0 Å². The van der Waals surface area contributed by atoms with Crippen LogP contribution in [-0.4, -0.2) is 13.8 Å². The van der Waals surface area contributed by atoms with E-state index in [0.29, 0.717) is 6.42 Å². The summed E-state index contributed by atoms with van der Waals surface area (Å²) in [6.45, 7) is 3.73. The second-order valence-electron chi connectivity index (χ2n) is 2.48. The van der Waals surface area contributed by atoms with Crippen molar-refractivity contribution >= 4 is 15.7 Å². The minimum Gasteiger partial charge on any atom is -0.185 e. The fraction of sp³-hybridized carbons (Fsp3) is 0.750. The maximum absolute atomic E-state index is 10.0. The van der Waals surface area contributed by atoms with Gasteiger partial charge in [0.15, 0.2) is 0 Å². The highest BCUT2D eigenvalue weighted by atomic mass is 32.2. The van der Waals surface area contributed by atoms with Crippen LogP contribution in [0.3, 0.4) is 0 Å². The molecule has 0 saturated carbocycles. The summed E-state index contributed by atoms with van der Waals surface area (Å²) >= 11 is 0. The molecule has 0 unspecified atom stereocenters. The highest BCUT2D eigenvalue weighted by Crippen LogP contribution is 2.02. The van der Waals surface area contributed by atoms with Crippen LogP contribution in [0.5, 0.6) is 0 Å². The molecule has 0 aliphatic rings. The molecule has 0 heterocycles. The SMILES string of the molecule is [CH2]CCCCCCC=S(=O)=O. The van der Waals surface area contributed by atoms with Crippen molar-refractivity contribution in [3.63, 3.8) is 0 Å². The number of hydrogen-bond donors (Lipinski definition) is 0. The van der Waals surface area contributed by atoms with E-state index in [4.69, 9.17) is 0 Å². The molecular formula is C8H15O2S. The first-order chi connectivity index (χ1) is 5.27. The van der Waals surface area contributed by atoms with Crippen LogP contribution in [0.1, 0.15) is 38.5 Å². The Hall–Kier alpha value is -0.310. The van der Waals surface area contributed by atoms with E-state index in [1.54, 1.807) is 0 Å². The van der Waals surface area contributed by atoms with Crippen LogP contribution in [0, 0.1) is 6.92 Å². The van der Waals surface area contributed by atoms with E-state index < -0.39 is 10.3 Å². The Labute approximate surface area is 70.2 Å². The van der Waals surface area contributed by atoms with E-state index in [2.05, 4.69) is 6.92 Å². The minimum absolute atomic E-state index is 0.688. The summed E-state index contributed by atoms with van der Waals surface area (Å²) in [4.78, 5) is 0. The van der Waals surface area contributed by atoms with Crippen LogP contribution in [-0.2, 0) is 10.3 Å². The zero-order valence-electron chi connectivity index (χ0n) is 6.75. The molecule has 0 spiro atoms. The van der Waals surface area contributed by atoms with Crippen molar-refractivity contribution in [1.82, 2.24) is 0 Å². The van der Waals surface area contributed by atoms with Gasteiger partial charge in [0.25, 0.3) is 0 Å². The molecule has 0 bridgehead atoms. The molecule has 0 aliphatic carbocycles. The summed E-state index contributed by atoms with van der Waals surface area (Å²) in [5.74, 6) is 0. The second-order valence-corrected chi connectivity index (χ2v) is 3.34. The Morgan fingerprint density at radius 2 is 1.73 bits per heavy atom. The zero-order chi connectivity index (χ0) is 8.53. The van der Waals surface area contributed by atoms with Gasteiger partial charge in [0.2, 0.25) is 10.3 Å². The maximum Gasteiger partial charge on any atom is 0.209 e. The summed E-state index contributed by atoms with van der Waals surface area (Å²) in [6.07, 6.45) is 6.09. The molecular weight excluding hydrogens is 160 g/mol. The lowest BCUT2D eigenvalue weighted by molar-refractivity contribution is 0.626. The van der Waals surface area contributed by atoms with Crippen LogP contribution in [0.4, 0.5) is 0 Å². The highest BCUT2D eigenvalue weighted by molar-refractivity contribution is 7.71. The van der Waals surface area contributed by atoms with Crippen molar-refractivity contribution in [2.75, 3.05) is 0 Å². The van der Waals surface area contributed by atoms with Gasteiger partial charge >= 0.3 is 0 Å². The fourth-order valence-corrected chi connectivity index (χ4v) is 1.21. The van der Waals surface area contributed by atoms with Crippen molar-refractivity contribution in [2.45, 2.75) is 38.5 Å². The quantitative estimate of drug-likeness (QED) is 0.456. The fourth-order valence-electron chi connectivity index (χ4n) is 0.854. The summed E-state index contributed by atoms with van der Waals surface area (Å²) in [6, 6.07) is 0.